The highest BCUT2D eigenvalue weighted by Crippen LogP contribution is 2.15. The molecule has 22 heavy (non-hydrogen) atoms. The van der Waals surface area contributed by atoms with E-state index in [2.05, 4.69) is 21.2 Å². The Kier molecular flexibility index (Phi) is 5.69. The third-order valence-corrected chi connectivity index (χ3v) is 4.05. The molecule has 0 aliphatic heterocycles. The molecular weight excluding hydrogens is 347 g/mol. The van der Waals surface area contributed by atoms with E-state index in [0.717, 1.165) is 10.0 Å². The van der Waals surface area contributed by atoms with Gasteiger partial charge in [0.2, 0.25) is 5.91 Å². The number of amides is 1. The zero-order chi connectivity index (χ0) is 16.1. The SMILES string of the molecule is C[C@H](C(=O)Nc1ccccc1F)N(C)Cc1ccc(Br)cc1. The molecule has 0 radical (unpaired) electrons. The van der Waals surface area contributed by atoms with E-state index in [4.69, 9.17) is 0 Å². The average molecular weight is 365 g/mol. The Labute approximate surface area is 138 Å². The maximum Gasteiger partial charge on any atom is 0.241 e. The summed E-state index contributed by atoms with van der Waals surface area (Å²) < 4.78 is 14.6. The molecule has 0 unspecified atom stereocenters. The van der Waals surface area contributed by atoms with Crippen LogP contribution >= 0.6 is 15.9 Å². The van der Waals surface area contributed by atoms with Crippen molar-refractivity contribution in [2.75, 3.05) is 12.4 Å². The number of hydrogen-bond acceptors (Lipinski definition) is 2. The maximum absolute atomic E-state index is 13.6. The summed E-state index contributed by atoms with van der Waals surface area (Å²) in [5.74, 6) is -0.664. The first-order chi connectivity index (χ1) is 10.5. The summed E-state index contributed by atoms with van der Waals surface area (Å²) in [5, 5.41) is 2.62. The summed E-state index contributed by atoms with van der Waals surface area (Å²) in [4.78, 5) is 14.1. The van der Waals surface area contributed by atoms with Crippen LogP contribution in [0.5, 0.6) is 0 Å². The van der Waals surface area contributed by atoms with E-state index in [1.807, 2.05) is 36.2 Å². The third-order valence-electron chi connectivity index (χ3n) is 3.52. The van der Waals surface area contributed by atoms with Crippen LogP contribution in [0.15, 0.2) is 53.0 Å². The fraction of sp³-hybridized carbons (Fsp3) is 0.235. The van der Waals surface area contributed by atoms with E-state index >= 15 is 0 Å². The number of carbonyl (C=O) groups is 1. The van der Waals surface area contributed by atoms with E-state index < -0.39 is 5.82 Å². The van der Waals surface area contributed by atoms with Gasteiger partial charge in [-0.1, -0.05) is 40.2 Å². The van der Waals surface area contributed by atoms with Gasteiger partial charge in [-0.2, -0.15) is 0 Å². The Balaban J connectivity index is 1.97. The van der Waals surface area contributed by atoms with Crippen molar-refractivity contribution in [3.05, 3.63) is 64.4 Å². The number of halogens is 2. The summed E-state index contributed by atoms with van der Waals surface area (Å²) in [6.07, 6.45) is 0. The van der Waals surface area contributed by atoms with Crippen molar-refractivity contribution in [3.63, 3.8) is 0 Å². The van der Waals surface area contributed by atoms with E-state index in [0.29, 0.717) is 6.54 Å². The number of rotatable bonds is 5. The minimum atomic E-state index is -0.432. The lowest BCUT2D eigenvalue weighted by Gasteiger charge is -2.24. The molecule has 1 atom stereocenters. The van der Waals surface area contributed by atoms with Crippen molar-refractivity contribution >= 4 is 27.5 Å². The first-order valence-electron chi connectivity index (χ1n) is 6.97. The number of likely N-dealkylation sites (N-methyl/N-ethyl adjacent to an activating group) is 1. The number of para-hydroxylation sites is 1. The van der Waals surface area contributed by atoms with Crippen LogP contribution in [0.2, 0.25) is 0 Å². The lowest BCUT2D eigenvalue weighted by molar-refractivity contribution is -0.120. The normalized spacial score (nSPS) is 12.2. The highest BCUT2D eigenvalue weighted by molar-refractivity contribution is 9.10. The molecule has 2 rings (SSSR count). The molecule has 0 aliphatic rings. The van der Waals surface area contributed by atoms with Gasteiger partial charge in [0.1, 0.15) is 5.82 Å². The van der Waals surface area contributed by atoms with Gasteiger partial charge in [-0.15, -0.1) is 0 Å². The molecule has 116 valence electrons. The molecule has 2 aromatic carbocycles. The van der Waals surface area contributed by atoms with Crippen molar-refractivity contribution in [1.82, 2.24) is 4.90 Å². The Hall–Kier alpha value is -1.72. The Bertz CT molecular complexity index is 645. The standard InChI is InChI=1S/C17H18BrFN2O/c1-12(17(22)20-16-6-4-3-5-15(16)19)21(2)11-13-7-9-14(18)10-8-13/h3-10,12H,11H2,1-2H3,(H,20,22)/t12-/m1/s1. The molecule has 0 saturated heterocycles. The Morgan fingerprint density at radius 1 is 1.23 bits per heavy atom. The Morgan fingerprint density at radius 3 is 2.50 bits per heavy atom. The lowest BCUT2D eigenvalue weighted by Crippen LogP contribution is -2.39. The quantitative estimate of drug-likeness (QED) is 0.867. The molecule has 2 aromatic rings. The fourth-order valence-electron chi connectivity index (χ4n) is 2.01. The number of hydrogen-bond donors (Lipinski definition) is 1. The predicted molar refractivity (Wildman–Crippen MR) is 90.1 cm³/mol. The van der Waals surface area contributed by atoms with Gasteiger partial charge in [-0.3, -0.25) is 9.69 Å². The number of nitrogens with one attached hydrogen (secondary N) is 1. The van der Waals surface area contributed by atoms with Crippen molar-refractivity contribution < 1.29 is 9.18 Å². The number of anilines is 1. The molecule has 0 aromatic heterocycles. The van der Waals surface area contributed by atoms with Gasteiger partial charge in [0.15, 0.2) is 0 Å². The molecule has 0 bridgehead atoms. The second-order valence-corrected chi connectivity index (χ2v) is 6.10. The second kappa shape index (κ2) is 7.51. The van der Waals surface area contributed by atoms with E-state index in [-0.39, 0.29) is 17.6 Å². The molecular formula is C17H18BrFN2O. The topological polar surface area (TPSA) is 32.3 Å². The molecule has 5 heteroatoms. The summed E-state index contributed by atoms with van der Waals surface area (Å²) in [7, 11) is 1.87. The first-order valence-corrected chi connectivity index (χ1v) is 7.77. The molecule has 0 heterocycles. The van der Waals surface area contributed by atoms with Gasteiger partial charge in [0, 0.05) is 11.0 Å². The molecule has 3 nitrogen and oxygen atoms in total. The summed E-state index contributed by atoms with van der Waals surface area (Å²) >= 11 is 3.39. The van der Waals surface area contributed by atoms with Crippen molar-refractivity contribution in [3.8, 4) is 0 Å². The maximum atomic E-state index is 13.6. The molecule has 0 fully saturated rings. The lowest BCUT2D eigenvalue weighted by atomic mass is 10.2. The number of carbonyl (C=O) groups excluding carboxylic acids is 1. The van der Waals surface area contributed by atoms with E-state index in [9.17, 15) is 9.18 Å². The van der Waals surface area contributed by atoms with Crippen LogP contribution in [0, 0.1) is 5.82 Å². The van der Waals surface area contributed by atoms with Crippen LogP contribution in [0.3, 0.4) is 0 Å². The van der Waals surface area contributed by atoms with Crippen LogP contribution in [0.4, 0.5) is 10.1 Å². The van der Waals surface area contributed by atoms with Gasteiger partial charge >= 0.3 is 0 Å². The summed E-state index contributed by atoms with van der Waals surface area (Å²) in [5.41, 5.74) is 1.31. The van der Waals surface area contributed by atoms with Gasteiger partial charge in [0.25, 0.3) is 0 Å². The third kappa shape index (κ3) is 4.39. The number of benzene rings is 2. The van der Waals surface area contributed by atoms with Crippen LogP contribution in [0.25, 0.3) is 0 Å². The largest absolute Gasteiger partial charge is 0.322 e. The van der Waals surface area contributed by atoms with Crippen molar-refractivity contribution in [2.24, 2.45) is 0 Å². The van der Waals surface area contributed by atoms with Gasteiger partial charge < -0.3 is 5.32 Å². The van der Waals surface area contributed by atoms with Gasteiger partial charge in [-0.05, 0) is 43.8 Å². The van der Waals surface area contributed by atoms with Crippen molar-refractivity contribution in [2.45, 2.75) is 19.5 Å². The predicted octanol–water partition coefficient (Wildman–Crippen LogP) is 4.05. The van der Waals surface area contributed by atoms with Crippen LogP contribution in [-0.4, -0.2) is 23.9 Å². The summed E-state index contributed by atoms with van der Waals surface area (Å²) in [6, 6.07) is 13.7. The minimum absolute atomic E-state index is 0.205. The van der Waals surface area contributed by atoms with Crippen LogP contribution < -0.4 is 5.32 Å². The zero-order valence-corrected chi connectivity index (χ0v) is 14.1. The van der Waals surface area contributed by atoms with E-state index in [1.165, 1.54) is 6.07 Å². The second-order valence-electron chi connectivity index (χ2n) is 5.19. The highest BCUT2D eigenvalue weighted by atomic mass is 79.9. The molecule has 0 saturated carbocycles. The van der Waals surface area contributed by atoms with E-state index in [1.54, 1.807) is 25.1 Å². The molecule has 1 amide bonds. The van der Waals surface area contributed by atoms with Crippen molar-refractivity contribution in [1.29, 1.82) is 0 Å². The van der Waals surface area contributed by atoms with Gasteiger partial charge in [0.05, 0.1) is 11.7 Å². The molecule has 0 spiro atoms. The molecule has 0 aliphatic carbocycles. The Morgan fingerprint density at radius 2 is 1.86 bits per heavy atom. The first kappa shape index (κ1) is 16.6. The smallest absolute Gasteiger partial charge is 0.241 e. The average Bonchev–Trinajstić information content (AvgIpc) is 2.51. The molecule has 1 N–H and O–H groups in total. The minimum Gasteiger partial charge on any atom is -0.322 e. The highest BCUT2D eigenvalue weighted by Gasteiger charge is 2.19. The fourth-order valence-corrected chi connectivity index (χ4v) is 2.28. The summed E-state index contributed by atoms with van der Waals surface area (Å²) in [6.45, 7) is 2.44. The zero-order valence-electron chi connectivity index (χ0n) is 12.5. The monoisotopic (exact) mass is 364 g/mol. The van der Waals surface area contributed by atoms with Gasteiger partial charge in [-0.25, -0.2) is 4.39 Å². The van der Waals surface area contributed by atoms with Crippen LogP contribution in [-0.2, 0) is 11.3 Å². The number of nitrogens with zero attached hydrogens (tertiary/aromatic N) is 1. The van der Waals surface area contributed by atoms with Crippen LogP contribution in [0.1, 0.15) is 12.5 Å².